The number of carbonyl (C=O) groups is 1. The van der Waals surface area contributed by atoms with Crippen molar-refractivity contribution in [3.05, 3.63) is 47.3 Å². The fourth-order valence-corrected chi connectivity index (χ4v) is 5.90. The number of carbonyl (C=O) groups excluding carboxylic acids is 1. The summed E-state index contributed by atoms with van der Waals surface area (Å²) in [7, 11) is 0. The number of hydrogen-bond donors (Lipinski definition) is 2. The molecule has 1 aliphatic carbocycles. The quantitative estimate of drug-likeness (QED) is 0.861. The maximum absolute atomic E-state index is 13.5. The van der Waals surface area contributed by atoms with Crippen LogP contribution in [-0.4, -0.2) is 62.7 Å². The zero-order valence-electron chi connectivity index (χ0n) is 15.9. The van der Waals surface area contributed by atoms with E-state index in [1.54, 1.807) is 6.07 Å². The molecule has 7 rings (SSSR count). The number of rotatable bonds is 3. The lowest BCUT2D eigenvalue weighted by Gasteiger charge is -2.51. The maximum atomic E-state index is 13.5. The van der Waals surface area contributed by atoms with E-state index in [9.17, 15) is 9.90 Å². The molecule has 4 aliphatic heterocycles. The first-order chi connectivity index (χ1) is 13.7. The number of nitrogens with one attached hydrogen (secondary N) is 1. The molecule has 1 aromatic heterocycles. The summed E-state index contributed by atoms with van der Waals surface area (Å²) in [6.45, 7) is 2.95. The van der Waals surface area contributed by atoms with E-state index >= 15 is 0 Å². The molecule has 2 N–H and O–H groups in total. The van der Waals surface area contributed by atoms with Crippen molar-refractivity contribution in [1.29, 1.82) is 0 Å². The molecule has 0 radical (unpaired) electrons. The third-order valence-corrected chi connectivity index (χ3v) is 7.39. The van der Waals surface area contributed by atoms with Crippen molar-refractivity contribution in [3.8, 4) is 5.75 Å². The minimum absolute atomic E-state index is 0.0644. The number of aromatic hydroxyl groups is 1. The molecule has 2 aromatic rings. The summed E-state index contributed by atoms with van der Waals surface area (Å²) in [5, 5.41) is 17.5. The highest BCUT2D eigenvalue weighted by molar-refractivity contribution is 5.93. The zero-order valence-corrected chi connectivity index (χ0v) is 15.9. The van der Waals surface area contributed by atoms with E-state index in [4.69, 9.17) is 0 Å². The second kappa shape index (κ2) is 6.08. The predicted octanol–water partition coefficient (Wildman–Crippen LogP) is 2.70. The first-order valence-electron chi connectivity index (χ1n) is 10.6. The number of aromatic amines is 1. The Kier molecular flexibility index (Phi) is 3.60. The van der Waals surface area contributed by atoms with Crippen LogP contribution in [0.15, 0.2) is 30.3 Å². The summed E-state index contributed by atoms with van der Waals surface area (Å²) < 4.78 is 0. The minimum Gasteiger partial charge on any atom is -0.508 e. The van der Waals surface area contributed by atoms with Crippen molar-refractivity contribution in [2.75, 3.05) is 19.6 Å². The third kappa shape index (κ3) is 2.50. The number of H-pyrrole nitrogens is 1. The standard InChI is InChI=1S/C22H26N4O2/c27-16-3-1-2-15(10-16)17-12-26(20-14-6-8-25(9-7-14)21(17)20)22(28)19-11-18(23-24-19)13-4-5-13/h1-3,10-11,13-14,17,20-21,27H,4-9,12H2,(H,23,24)/t17-,20+,21+/m0/s1. The summed E-state index contributed by atoms with van der Waals surface area (Å²) in [6, 6.07) is 10.2. The van der Waals surface area contributed by atoms with Gasteiger partial charge in [0.05, 0.1) is 6.04 Å². The molecule has 2 bridgehead atoms. The summed E-state index contributed by atoms with van der Waals surface area (Å²) in [4.78, 5) is 18.1. The number of phenolic OH excluding ortho intramolecular Hbond substituents is 1. The zero-order chi connectivity index (χ0) is 18.8. The molecule has 28 heavy (non-hydrogen) atoms. The summed E-state index contributed by atoms with van der Waals surface area (Å²) >= 11 is 0. The highest BCUT2D eigenvalue weighted by atomic mass is 16.3. The second-order valence-corrected chi connectivity index (χ2v) is 9.00. The fourth-order valence-electron chi connectivity index (χ4n) is 5.90. The van der Waals surface area contributed by atoms with Gasteiger partial charge >= 0.3 is 0 Å². The number of hydrogen-bond acceptors (Lipinski definition) is 4. The Morgan fingerprint density at radius 2 is 1.93 bits per heavy atom. The van der Waals surface area contributed by atoms with E-state index in [-0.39, 0.29) is 17.9 Å². The molecule has 5 fully saturated rings. The van der Waals surface area contributed by atoms with E-state index in [1.165, 1.54) is 25.7 Å². The van der Waals surface area contributed by atoms with Crippen molar-refractivity contribution >= 4 is 5.91 Å². The molecule has 3 atom stereocenters. The van der Waals surface area contributed by atoms with Gasteiger partial charge in [0.1, 0.15) is 11.4 Å². The van der Waals surface area contributed by atoms with Crippen LogP contribution in [0, 0.1) is 5.92 Å². The smallest absolute Gasteiger partial charge is 0.274 e. The molecule has 6 nitrogen and oxygen atoms in total. The Morgan fingerprint density at radius 1 is 1.11 bits per heavy atom. The van der Waals surface area contributed by atoms with Crippen LogP contribution in [0.25, 0.3) is 0 Å². The van der Waals surface area contributed by atoms with Gasteiger partial charge in [-0.25, -0.2) is 0 Å². The Bertz CT molecular complexity index is 913. The topological polar surface area (TPSA) is 72.5 Å². The fraction of sp³-hybridized carbons (Fsp3) is 0.545. The highest BCUT2D eigenvalue weighted by Gasteiger charge is 2.55. The first kappa shape index (κ1) is 16.6. The monoisotopic (exact) mass is 378 g/mol. The summed E-state index contributed by atoms with van der Waals surface area (Å²) in [5.41, 5.74) is 2.81. The molecule has 5 heterocycles. The van der Waals surface area contributed by atoms with Crippen LogP contribution in [0.5, 0.6) is 5.75 Å². The van der Waals surface area contributed by atoms with E-state index < -0.39 is 0 Å². The molecular weight excluding hydrogens is 352 g/mol. The van der Waals surface area contributed by atoms with Crippen molar-refractivity contribution in [2.24, 2.45) is 5.92 Å². The number of fused-ring (bicyclic) bond motifs is 2. The molecule has 0 unspecified atom stereocenters. The number of nitrogens with zero attached hydrogens (tertiary/aromatic N) is 3. The van der Waals surface area contributed by atoms with Crippen LogP contribution in [0.4, 0.5) is 0 Å². The van der Waals surface area contributed by atoms with Gasteiger partial charge in [0.15, 0.2) is 0 Å². The second-order valence-electron chi connectivity index (χ2n) is 9.00. The van der Waals surface area contributed by atoms with Gasteiger partial charge in [-0.05, 0) is 68.5 Å². The Morgan fingerprint density at radius 3 is 2.68 bits per heavy atom. The largest absolute Gasteiger partial charge is 0.508 e. The Balaban J connectivity index is 1.35. The van der Waals surface area contributed by atoms with Gasteiger partial charge in [0.25, 0.3) is 5.91 Å². The number of phenols is 1. The van der Waals surface area contributed by atoms with Crippen LogP contribution in [0.1, 0.15) is 59.3 Å². The number of aromatic nitrogens is 2. The van der Waals surface area contributed by atoms with Gasteiger partial charge in [-0.1, -0.05) is 12.1 Å². The van der Waals surface area contributed by atoms with Gasteiger partial charge in [-0.3, -0.25) is 14.8 Å². The molecule has 1 amide bonds. The number of likely N-dealkylation sites (tertiary alicyclic amines) is 1. The van der Waals surface area contributed by atoms with Crippen LogP contribution in [0.2, 0.25) is 0 Å². The molecule has 5 aliphatic rings. The summed E-state index contributed by atoms with van der Waals surface area (Å²) in [5.74, 6) is 1.75. The summed E-state index contributed by atoms with van der Waals surface area (Å²) in [6.07, 6.45) is 4.74. The Hall–Kier alpha value is -2.34. The van der Waals surface area contributed by atoms with Crippen molar-refractivity contribution in [3.63, 3.8) is 0 Å². The van der Waals surface area contributed by atoms with Crippen molar-refractivity contribution < 1.29 is 9.90 Å². The van der Waals surface area contributed by atoms with Gasteiger partial charge in [-0.2, -0.15) is 5.10 Å². The van der Waals surface area contributed by atoms with Gasteiger partial charge in [0, 0.05) is 30.1 Å². The van der Waals surface area contributed by atoms with Crippen molar-refractivity contribution in [1.82, 2.24) is 20.0 Å². The van der Waals surface area contributed by atoms with Gasteiger partial charge in [-0.15, -0.1) is 0 Å². The number of benzene rings is 1. The lowest BCUT2D eigenvalue weighted by Crippen LogP contribution is -2.60. The lowest BCUT2D eigenvalue weighted by molar-refractivity contribution is -0.00359. The first-order valence-corrected chi connectivity index (χ1v) is 10.6. The average molecular weight is 378 g/mol. The van der Waals surface area contributed by atoms with E-state index in [2.05, 4.69) is 26.1 Å². The highest BCUT2D eigenvalue weighted by Crippen LogP contribution is 2.47. The van der Waals surface area contributed by atoms with Crippen LogP contribution >= 0.6 is 0 Å². The SMILES string of the molecule is O=C(c1cc(C2CC2)[nH]n1)N1C[C@@H](c2cccc(O)c2)[C@@H]2[C@H]1C1CCN2CC1. The molecule has 4 saturated heterocycles. The number of amides is 1. The maximum Gasteiger partial charge on any atom is 0.274 e. The minimum atomic E-state index is 0.0644. The lowest BCUT2D eigenvalue weighted by atomic mass is 9.75. The molecule has 0 spiro atoms. The third-order valence-electron chi connectivity index (χ3n) is 7.39. The molecule has 1 saturated carbocycles. The normalized spacial score (nSPS) is 33.9. The Labute approximate surface area is 164 Å². The molecule has 1 aromatic carbocycles. The van der Waals surface area contributed by atoms with E-state index in [1.807, 2.05) is 18.2 Å². The van der Waals surface area contributed by atoms with E-state index in [0.29, 0.717) is 35.9 Å². The number of piperidine rings is 3. The van der Waals surface area contributed by atoms with Gasteiger partial charge in [0.2, 0.25) is 0 Å². The molecule has 146 valence electrons. The van der Waals surface area contributed by atoms with Gasteiger partial charge < -0.3 is 10.0 Å². The van der Waals surface area contributed by atoms with Crippen LogP contribution in [0.3, 0.4) is 0 Å². The van der Waals surface area contributed by atoms with Crippen LogP contribution in [-0.2, 0) is 0 Å². The van der Waals surface area contributed by atoms with Crippen LogP contribution < -0.4 is 0 Å². The van der Waals surface area contributed by atoms with Crippen molar-refractivity contribution in [2.45, 2.75) is 49.6 Å². The van der Waals surface area contributed by atoms with E-state index in [0.717, 1.165) is 24.3 Å². The molecular formula is C22H26N4O2. The molecule has 6 heteroatoms. The average Bonchev–Trinajstić information content (AvgIpc) is 3.30. The predicted molar refractivity (Wildman–Crippen MR) is 104 cm³/mol.